The lowest BCUT2D eigenvalue weighted by Gasteiger charge is -2.26. The standard InChI is InChI=1S/C13H22N4/c1-6-15-13(5,9-14)8-12(4)17-11(3)7-10(2)16-17/h7,12,15H,6,8H2,1-5H3. The van der Waals surface area contributed by atoms with E-state index in [1.54, 1.807) is 0 Å². The normalized spacial score (nSPS) is 16.2. The van der Waals surface area contributed by atoms with Gasteiger partial charge < -0.3 is 0 Å². The largest absolute Gasteiger partial charge is 0.300 e. The predicted molar refractivity (Wildman–Crippen MR) is 68.7 cm³/mol. The second kappa shape index (κ2) is 5.33. The smallest absolute Gasteiger partial charge is 0.105 e. The SMILES string of the molecule is CCNC(C)(C#N)CC(C)n1nc(C)cc1C. The van der Waals surface area contributed by atoms with Crippen LogP contribution in [0.2, 0.25) is 0 Å². The van der Waals surface area contributed by atoms with Crippen molar-refractivity contribution >= 4 is 0 Å². The number of aromatic nitrogens is 2. The van der Waals surface area contributed by atoms with E-state index >= 15 is 0 Å². The van der Waals surface area contributed by atoms with Crippen molar-refractivity contribution in [1.82, 2.24) is 15.1 Å². The lowest BCUT2D eigenvalue weighted by atomic mass is 9.95. The maximum Gasteiger partial charge on any atom is 0.105 e. The Labute approximate surface area is 104 Å². The number of hydrogen-bond acceptors (Lipinski definition) is 3. The van der Waals surface area contributed by atoms with E-state index in [1.165, 1.54) is 0 Å². The van der Waals surface area contributed by atoms with Crippen LogP contribution in [0.15, 0.2) is 6.07 Å². The topological polar surface area (TPSA) is 53.6 Å². The summed E-state index contributed by atoms with van der Waals surface area (Å²) >= 11 is 0. The van der Waals surface area contributed by atoms with Gasteiger partial charge in [-0.3, -0.25) is 10.00 Å². The Balaban J connectivity index is 2.82. The molecule has 1 rings (SSSR count). The minimum absolute atomic E-state index is 0.215. The first-order chi connectivity index (χ1) is 7.91. The van der Waals surface area contributed by atoms with Gasteiger partial charge in [0.15, 0.2) is 0 Å². The zero-order chi connectivity index (χ0) is 13.1. The van der Waals surface area contributed by atoms with Crippen molar-refractivity contribution in [2.75, 3.05) is 6.54 Å². The van der Waals surface area contributed by atoms with Crippen molar-refractivity contribution in [1.29, 1.82) is 5.26 Å². The number of nitrogens with zero attached hydrogens (tertiary/aromatic N) is 3. The fourth-order valence-corrected chi connectivity index (χ4v) is 2.32. The summed E-state index contributed by atoms with van der Waals surface area (Å²) in [5.41, 5.74) is 1.68. The molecule has 1 N–H and O–H groups in total. The van der Waals surface area contributed by atoms with E-state index in [0.29, 0.717) is 0 Å². The van der Waals surface area contributed by atoms with Crippen LogP contribution in [0.3, 0.4) is 0 Å². The average molecular weight is 234 g/mol. The molecule has 1 heterocycles. The van der Waals surface area contributed by atoms with E-state index in [2.05, 4.69) is 29.5 Å². The molecule has 2 unspecified atom stereocenters. The lowest BCUT2D eigenvalue weighted by molar-refractivity contribution is 0.334. The van der Waals surface area contributed by atoms with Gasteiger partial charge in [-0.15, -0.1) is 0 Å². The summed E-state index contributed by atoms with van der Waals surface area (Å²) in [4.78, 5) is 0. The monoisotopic (exact) mass is 234 g/mol. The average Bonchev–Trinajstić information content (AvgIpc) is 2.58. The maximum atomic E-state index is 9.24. The second-order valence-corrected chi connectivity index (χ2v) is 4.90. The summed E-state index contributed by atoms with van der Waals surface area (Å²) in [6.07, 6.45) is 0.749. The number of nitrogens with one attached hydrogen (secondary N) is 1. The first-order valence-corrected chi connectivity index (χ1v) is 6.11. The number of rotatable bonds is 5. The molecule has 0 saturated carbocycles. The zero-order valence-corrected chi connectivity index (χ0v) is 11.4. The van der Waals surface area contributed by atoms with Crippen LogP contribution in [0.1, 0.15) is 44.6 Å². The van der Waals surface area contributed by atoms with Gasteiger partial charge in [0.25, 0.3) is 0 Å². The van der Waals surface area contributed by atoms with Gasteiger partial charge in [-0.25, -0.2) is 0 Å². The highest BCUT2D eigenvalue weighted by atomic mass is 15.3. The van der Waals surface area contributed by atoms with Gasteiger partial charge in [0.1, 0.15) is 5.54 Å². The van der Waals surface area contributed by atoms with Crippen LogP contribution < -0.4 is 5.32 Å². The van der Waals surface area contributed by atoms with E-state index in [0.717, 1.165) is 24.4 Å². The number of hydrogen-bond donors (Lipinski definition) is 1. The predicted octanol–water partition coefficient (Wildman–Crippen LogP) is 2.34. The molecule has 4 nitrogen and oxygen atoms in total. The van der Waals surface area contributed by atoms with Crippen LogP contribution in [0.25, 0.3) is 0 Å². The van der Waals surface area contributed by atoms with Gasteiger partial charge in [0, 0.05) is 12.1 Å². The zero-order valence-electron chi connectivity index (χ0n) is 11.4. The molecular formula is C13H22N4. The lowest BCUT2D eigenvalue weighted by Crippen LogP contribution is -2.42. The molecule has 0 radical (unpaired) electrons. The molecule has 0 spiro atoms. The summed E-state index contributed by atoms with van der Waals surface area (Å²) in [6.45, 7) is 10.9. The molecule has 0 aliphatic heterocycles. The Hall–Kier alpha value is -1.34. The molecule has 0 aliphatic carbocycles. The molecule has 4 heteroatoms. The number of aryl methyl sites for hydroxylation is 2. The Morgan fingerprint density at radius 2 is 2.24 bits per heavy atom. The van der Waals surface area contributed by atoms with Crippen molar-refractivity contribution < 1.29 is 0 Å². The third kappa shape index (κ3) is 3.31. The minimum Gasteiger partial charge on any atom is -0.300 e. The van der Waals surface area contributed by atoms with Crippen molar-refractivity contribution in [2.45, 2.75) is 52.6 Å². The third-order valence-corrected chi connectivity index (χ3v) is 2.98. The van der Waals surface area contributed by atoms with E-state index in [9.17, 15) is 5.26 Å². The Bertz CT molecular complexity index is 416. The molecule has 0 bridgehead atoms. The number of nitriles is 1. The van der Waals surface area contributed by atoms with E-state index in [4.69, 9.17) is 0 Å². The molecule has 2 atom stereocenters. The quantitative estimate of drug-likeness (QED) is 0.850. The van der Waals surface area contributed by atoms with Crippen LogP contribution in [-0.2, 0) is 0 Å². The van der Waals surface area contributed by atoms with Gasteiger partial charge in [0.05, 0.1) is 17.8 Å². The Morgan fingerprint density at radius 3 is 2.65 bits per heavy atom. The van der Waals surface area contributed by atoms with Crippen LogP contribution in [0.4, 0.5) is 0 Å². The van der Waals surface area contributed by atoms with Crippen molar-refractivity contribution in [3.8, 4) is 6.07 Å². The molecular weight excluding hydrogens is 212 g/mol. The Kier molecular flexibility index (Phi) is 4.30. The Morgan fingerprint density at radius 1 is 1.59 bits per heavy atom. The van der Waals surface area contributed by atoms with Crippen LogP contribution in [-0.4, -0.2) is 21.9 Å². The molecule has 1 aromatic rings. The summed E-state index contributed by atoms with van der Waals surface area (Å²) in [5, 5.41) is 16.9. The molecule has 0 aromatic carbocycles. The van der Waals surface area contributed by atoms with Gasteiger partial charge >= 0.3 is 0 Å². The van der Waals surface area contributed by atoms with Crippen LogP contribution >= 0.6 is 0 Å². The molecule has 1 aromatic heterocycles. The molecule has 0 saturated heterocycles. The minimum atomic E-state index is -0.486. The molecule has 17 heavy (non-hydrogen) atoms. The van der Waals surface area contributed by atoms with E-state index in [-0.39, 0.29) is 6.04 Å². The molecule has 0 fully saturated rings. The van der Waals surface area contributed by atoms with E-state index < -0.39 is 5.54 Å². The highest BCUT2D eigenvalue weighted by Crippen LogP contribution is 2.21. The van der Waals surface area contributed by atoms with Gasteiger partial charge in [-0.05, 0) is 40.3 Å². The van der Waals surface area contributed by atoms with Gasteiger partial charge in [-0.1, -0.05) is 6.92 Å². The van der Waals surface area contributed by atoms with Gasteiger partial charge in [-0.2, -0.15) is 10.4 Å². The summed E-state index contributed by atoms with van der Waals surface area (Å²) in [5.74, 6) is 0. The third-order valence-electron chi connectivity index (χ3n) is 2.98. The first kappa shape index (κ1) is 13.7. The van der Waals surface area contributed by atoms with Gasteiger partial charge in [0.2, 0.25) is 0 Å². The summed E-state index contributed by atoms with van der Waals surface area (Å²) in [7, 11) is 0. The maximum absolute atomic E-state index is 9.24. The van der Waals surface area contributed by atoms with E-state index in [1.807, 2.05) is 32.4 Å². The highest BCUT2D eigenvalue weighted by molar-refractivity contribution is 5.10. The molecule has 0 amide bonds. The van der Waals surface area contributed by atoms with Crippen LogP contribution in [0, 0.1) is 25.2 Å². The fraction of sp³-hybridized carbons (Fsp3) is 0.692. The first-order valence-electron chi connectivity index (χ1n) is 6.11. The fourth-order valence-electron chi connectivity index (χ4n) is 2.32. The summed E-state index contributed by atoms with van der Waals surface area (Å²) in [6, 6.07) is 4.63. The molecule has 0 aliphatic rings. The molecule has 94 valence electrons. The van der Waals surface area contributed by atoms with Crippen molar-refractivity contribution in [2.24, 2.45) is 0 Å². The van der Waals surface area contributed by atoms with Crippen LogP contribution in [0.5, 0.6) is 0 Å². The van der Waals surface area contributed by atoms with Crippen molar-refractivity contribution in [3.05, 3.63) is 17.5 Å². The highest BCUT2D eigenvalue weighted by Gasteiger charge is 2.26. The second-order valence-electron chi connectivity index (χ2n) is 4.90. The summed E-state index contributed by atoms with van der Waals surface area (Å²) < 4.78 is 2.00. The van der Waals surface area contributed by atoms with Crippen molar-refractivity contribution in [3.63, 3.8) is 0 Å².